The second-order valence-corrected chi connectivity index (χ2v) is 12.0. The molecular formula is C31H37Cl2FN6O2. The van der Waals surface area contributed by atoms with Crippen LogP contribution in [-0.2, 0) is 23.2 Å². The van der Waals surface area contributed by atoms with Crippen molar-refractivity contribution in [3.05, 3.63) is 88.8 Å². The molecule has 5 heterocycles. The second-order valence-electron chi connectivity index (χ2n) is 12.0. The molecule has 0 bridgehead atoms. The first-order chi connectivity index (χ1) is 19.2. The minimum Gasteiger partial charge on any atom is -0.331 e. The van der Waals surface area contributed by atoms with Gasteiger partial charge in [0.15, 0.2) is 0 Å². The summed E-state index contributed by atoms with van der Waals surface area (Å²) in [7, 11) is 0. The summed E-state index contributed by atoms with van der Waals surface area (Å²) in [4.78, 5) is 42.0. The van der Waals surface area contributed by atoms with Crippen molar-refractivity contribution >= 4 is 42.3 Å². The van der Waals surface area contributed by atoms with E-state index in [1.54, 1.807) is 24.4 Å². The molecule has 0 unspecified atom stereocenters. The van der Waals surface area contributed by atoms with Crippen molar-refractivity contribution in [3.63, 3.8) is 0 Å². The molecule has 42 heavy (non-hydrogen) atoms. The maximum atomic E-state index is 13.9. The molecule has 1 N–H and O–H groups in total. The number of amides is 2. The zero-order valence-electron chi connectivity index (χ0n) is 24.0. The number of hydrogen-bond acceptors (Lipinski definition) is 6. The topological polar surface area (TPSA) is 81.7 Å². The van der Waals surface area contributed by atoms with Crippen LogP contribution in [0.3, 0.4) is 0 Å². The molecule has 3 aliphatic heterocycles. The quantitative estimate of drug-likeness (QED) is 0.452. The summed E-state index contributed by atoms with van der Waals surface area (Å²) in [6.45, 7) is 9.64. The Labute approximate surface area is 258 Å². The Balaban J connectivity index is 0.00000202. The van der Waals surface area contributed by atoms with Crippen LogP contribution in [0.25, 0.3) is 0 Å². The molecule has 2 amide bonds. The Bertz CT molecular complexity index is 1450. The lowest BCUT2D eigenvalue weighted by molar-refractivity contribution is -0.120. The summed E-state index contributed by atoms with van der Waals surface area (Å²) < 4.78 is 13.4. The Hall–Kier alpha value is -3.11. The van der Waals surface area contributed by atoms with Gasteiger partial charge in [0.1, 0.15) is 5.82 Å². The standard InChI is InChI=1S/C31H35FN6O2.2ClH/c1-20-15-36(24(14-34-20)16-37-17-26-25(30(37)40)5-4-10-33-26)18-28(39)38-19-31(2,3)29-27(38)12-22(13-35-29)11-21-6-8-23(32)9-7-21;;/h4-10,12-13,20,24,34H,11,14-19H2,1-3H3;2*1H/t20-,24-;;/m1../s1. The fourth-order valence-electron chi connectivity index (χ4n) is 6.18. The Morgan fingerprint density at radius 3 is 2.62 bits per heavy atom. The second kappa shape index (κ2) is 12.6. The number of fused-ring (bicyclic) bond motifs is 2. The number of carbonyl (C=O) groups is 2. The molecule has 224 valence electrons. The molecule has 2 atom stereocenters. The van der Waals surface area contributed by atoms with Crippen LogP contribution < -0.4 is 10.2 Å². The van der Waals surface area contributed by atoms with Gasteiger partial charge in [-0.15, -0.1) is 24.8 Å². The predicted molar refractivity (Wildman–Crippen MR) is 165 cm³/mol. The molecule has 1 fully saturated rings. The number of hydrogen-bond donors (Lipinski definition) is 1. The highest BCUT2D eigenvalue weighted by molar-refractivity contribution is 5.98. The van der Waals surface area contributed by atoms with Crippen molar-refractivity contribution in [1.82, 2.24) is 25.1 Å². The van der Waals surface area contributed by atoms with E-state index < -0.39 is 0 Å². The van der Waals surface area contributed by atoms with Gasteiger partial charge in [-0.2, -0.15) is 0 Å². The van der Waals surface area contributed by atoms with Gasteiger partial charge in [0.2, 0.25) is 5.91 Å². The van der Waals surface area contributed by atoms with Crippen LogP contribution in [-0.4, -0.2) is 76.4 Å². The van der Waals surface area contributed by atoms with E-state index in [9.17, 15) is 14.0 Å². The van der Waals surface area contributed by atoms with Crippen LogP contribution in [0.2, 0.25) is 0 Å². The third-order valence-electron chi connectivity index (χ3n) is 8.28. The maximum Gasteiger partial charge on any atom is 0.256 e. The number of pyridine rings is 2. The molecular weight excluding hydrogens is 578 g/mol. The van der Waals surface area contributed by atoms with Gasteiger partial charge in [-0.3, -0.25) is 24.5 Å². The third kappa shape index (κ3) is 6.29. The molecule has 0 radical (unpaired) electrons. The van der Waals surface area contributed by atoms with Crippen LogP contribution in [0, 0.1) is 5.82 Å². The fraction of sp³-hybridized carbons (Fsp3) is 0.419. The summed E-state index contributed by atoms with van der Waals surface area (Å²) in [5, 5.41) is 3.52. The monoisotopic (exact) mass is 614 g/mol. The Morgan fingerprint density at radius 1 is 1.12 bits per heavy atom. The summed E-state index contributed by atoms with van der Waals surface area (Å²) in [6.07, 6.45) is 4.20. The molecule has 0 saturated carbocycles. The number of anilines is 1. The lowest BCUT2D eigenvalue weighted by atomic mass is 9.91. The third-order valence-corrected chi connectivity index (χ3v) is 8.28. The van der Waals surface area contributed by atoms with E-state index in [4.69, 9.17) is 4.98 Å². The lowest BCUT2D eigenvalue weighted by Crippen LogP contribution is -2.60. The zero-order valence-corrected chi connectivity index (χ0v) is 25.7. The Morgan fingerprint density at radius 2 is 1.88 bits per heavy atom. The van der Waals surface area contributed by atoms with Crippen LogP contribution in [0.5, 0.6) is 0 Å². The fourth-order valence-corrected chi connectivity index (χ4v) is 6.18. The van der Waals surface area contributed by atoms with E-state index in [1.807, 2.05) is 22.1 Å². The van der Waals surface area contributed by atoms with Gasteiger partial charge < -0.3 is 15.1 Å². The van der Waals surface area contributed by atoms with Crippen molar-refractivity contribution in [2.24, 2.45) is 0 Å². The van der Waals surface area contributed by atoms with Gasteiger partial charge in [-0.25, -0.2) is 4.39 Å². The average molecular weight is 616 g/mol. The van der Waals surface area contributed by atoms with E-state index in [0.717, 1.165) is 34.7 Å². The van der Waals surface area contributed by atoms with E-state index in [2.05, 4.69) is 42.0 Å². The molecule has 8 nitrogen and oxygen atoms in total. The van der Waals surface area contributed by atoms with Crippen molar-refractivity contribution in [2.75, 3.05) is 37.6 Å². The van der Waals surface area contributed by atoms with E-state index in [0.29, 0.717) is 38.2 Å². The van der Waals surface area contributed by atoms with Crippen molar-refractivity contribution in [3.8, 4) is 0 Å². The van der Waals surface area contributed by atoms with Crippen molar-refractivity contribution < 1.29 is 14.0 Å². The molecule has 1 saturated heterocycles. The predicted octanol–water partition coefficient (Wildman–Crippen LogP) is 3.99. The zero-order chi connectivity index (χ0) is 28.0. The van der Waals surface area contributed by atoms with Gasteiger partial charge in [0, 0.05) is 56.1 Å². The number of carbonyl (C=O) groups excluding carboxylic acids is 2. The first-order valence-electron chi connectivity index (χ1n) is 13.9. The van der Waals surface area contributed by atoms with Crippen LogP contribution >= 0.6 is 24.8 Å². The van der Waals surface area contributed by atoms with Crippen LogP contribution in [0.1, 0.15) is 53.6 Å². The van der Waals surface area contributed by atoms with Crippen LogP contribution in [0.15, 0.2) is 54.9 Å². The van der Waals surface area contributed by atoms with Gasteiger partial charge in [0.05, 0.1) is 35.7 Å². The highest BCUT2D eigenvalue weighted by Crippen LogP contribution is 2.40. The number of nitrogens with zero attached hydrogens (tertiary/aromatic N) is 5. The van der Waals surface area contributed by atoms with E-state index >= 15 is 0 Å². The van der Waals surface area contributed by atoms with Gasteiger partial charge in [-0.05, 0) is 54.8 Å². The molecule has 11 heteroatoms. The minimum absolute atomic E-state index is 0. The number of rotatable bonds is 6. The summed E-state index contributed by atoms with van der Waals surface area (Å²) in [5.41, 5.74) is 4.96. The molecule has 0 spiro atoms. The SMILES string of the molecule is C[C@@H]1CN(CC(=O)N2CC(C)(C)c3ncc(Cc4ccc(F)cc4)cc32)[C@@H](CN2Cc3ncccc3C2=O)CN1.Cl.Cl. The number of nitrogens with one attached hydrogen (secondary N) is 1. The number of benzene rings is 1. The number of piperazine rings is 1. The summed E-state index contributed by atoms with van der Waals surface area (Å²) in [6, 6.07) is 12.4. The molecule has 3 aromatic rings. The maximum absolute atomic E-state index is 13.9. The van der Waals surface area contributed by atoms with Crippen LogP contribution in [0.4, 0.5) is 10.1 Å². The normalized spacial score (nSPS) is 20.9. The first-order valence-corrected chi connectivity index (χ1v) is 13.9. The van der Waals surface area contributed by atoms with Crippen molar-refractivity contribution in [1.29, 1.82) is 0 Å². The molecule has 2 aromatic heterocycles. The van der Waals surface area contributed by atoms with E-state index in [-0.39, 0.29) is 66.5 Å². The van der Waals surface area contributed by atoms with E-state index in [1.165, 1.54) is 12.1 Å². The molecule has 3 aliphatic rings. The molecule has 0 aliphatic carbocycles. The summed E-state index contributed by atoms with van der Waals surface area (Å²) in [5.74, 6) is -0.225. The Kier molecular flexibility index (Phi) is 9.57. The average Bonchev–Trinajstić information content (AvgIpc) is 3.39. The number of halogens is 3. The summed E-state index contributed by atoms with van der Waals surface area (Å²) >= 11 is 0. The van der Waals surface area contributed by atoms with Gasteiger partial charge in [0.25, 0.3) is 5.91 Å². The van der Waals surface area contributed by atoms with Crippen molar-refractivity contribution in [2.45, 2.75) is 51.2 Å². The largest absolute Gasteiger partial charge is 0.331 e. The molecule has 6 rings (SSSR count). The molecule has 1 aromatic carbocycles. The first kappa shape index (κ1) is 31.8. The highest BCUT2D eigenvalue weighted by Gasteiger charge is 2.41. The van der Waals surface area contributed by atoms with Gasteiger partial charge >= 0.3 is 0 Å². The number of aromatic nitrogens is 2. The minimum atomic E-state index is -0.268. The highest BCUT2D eigenvalue weighted by atomic mass is 35.5. The van der Waals surface area contributed by atoms with Gasteiger partial charge in [-0.1, -0.05) is 26.0 Å². The smallest absolute Gasteiger partial charge is 0.256 e. The lowest BCUT2D eigenvalue weighted by Gasteiger charge is -2.41.